The van der Waals surface area contributed by atoms with Crippen molar-refractivity contribution in [2.75, 3.05) is 0 Å². The average Bonchev–Trinajstić information content (AvgIpc) is 2.18. The summed E-state index contributed by atoms with van der Waals surface area (Å²) in [7, 11) is 0. The number of pyridine rings is 1. The normalized spacial score (nSPS) is 9.85. The maximum atomic E-state index is 9.80. The van der Waals surface area contributed by atoms with Gasteiger partial charge < -0.3 is 4.84 Å². The summed E-state index contributed by atoms with van der Waals surface area (Å²) in [6.07, 6.45) is 1.63. The maximum absolute atomic E-state index is 9.80. The van der Waals surface area contributed by atoms with Crippen molar-refractivity contribution in [3.8, 4) is 5.88 Å². The summed E-state index contributed by atoms with van der Waals surface area (Å²) >= 11 is 0. The van der Waals surface area contributed by atoms with E-state index >= 15 is 0 Å². The summed E-state index contributed by atoms with van der Waals surface area (Å²) in [6, 6.07) is 9.33. The maximum Gasteiger partial charge on any atom is 0.252 e. The van der Waals surface area contributed by atoms with E-state index in [0.29, 0.717) is 0 Å². The first kappa shape index (κ1) is 7.67. The Morgan fingerprint density at radius 3 is 2.77 bits per heavy atom. The molecule has 0 spiro atoms. The molecule has 0 N–H and O–H groups in total. The van der Waals surface area contributed by atoms with Gasteiger partial charge in [0.15, 0.2) is 5.34 Å². The van der Waals surface area contributed by atoms with Crippen LogP contribution >= 0.6 is 0 Å². The van der Waals surface area contributed by atoms with E-state index < -0.39 is 0 Å². The third-order valence-electron chi connectivity index (χ3n) is 1.74. The van der Waals surface area contributed by atoms with Gasteiger partial charge in [-0.2, -0.15) is 0 Å². The minimum atomic E-state index is 0.216. The van der Waals surface area contributed by atoms with Gasteiger partial charge in [0, 0.05) is 17.6 Å². The van der Waals surface area contributed by atoms with Gasteiger partial charge in [-0.05, 0) is 5.39 Å². The van der Waals surface area contributed by atoms with Crippen LogP contribution < -0.4 is 4.84 Å². The Hall–Kier alpha value is -1.97. The smallest absolute Gasteiger partial charge is 0.252 e. The quantitative estimate of drug-likeness (QED) is 0.518. The molecule has 4 heteroatoms. The fraction of sp³-hybridized carbons (Fsp3) is 0. The monoisotopic (exact) mass is 174 g/mol. The van der Waals surface area contributed by atoms with Gasteiger partial charge in [-0.1, -0.05) is 24.3 Å². The number of benzene rings is 1. The summed E-state index contributed by atoms with van der Waals surface area (Å²) in [6.45, 7) is 0. The van der Waals surface area contributed by atoms with Gasteiger partial charge in [0.25, 0.3) is 5.88 Å². The van der Waals surface area contributed by atoms with Crippen LogP contribution in [0.4, 0.5) is 0 Å². The molecule has 1 heterocycles. The van der Waals surface area contributed by atoms with Crippen LogP contribution in [0.5, 0.6) is 5.88 Å². The van der Waals surface area contributed by atoms with Crippen molar-refractivity contribution < 1.29 is 4.84 Å². The Kier molecular flexibility index (Phi) is 1.88. The largest absolute Gasteiger partial charge is 0.303 e. The number of hydrogen-bond acceptors (Lipinski definition) is 4. The summed E-state index contributed by atoms with van der Waals surface area (Å²) in [5.74, 6) is 0.216. The van der Waals surface area contributed by atoms with Crippen LogP contribution in [0.25, 0.3) is 10.8 Å². The van der Waals surface area contributed by atoms with E-state index in [-0.39, 0.29) is 5.88 Å². The van der Waals surface area contributed by atoms with E-state index in [0.717, 1.165) is 10.8 Å². The van der Waals surface area contributed by atoms with E-state index in [4.69, 9.17) is 0 Å². The lowest BCUT2D eigenvalue weighted by atomic mass is 10.2. The minimum absolute atomic E-state index is 0.216. The Balaban J connectivity index is 2.55. The number of rotatable bonds is 2. The van der Waals surface area contributed by atoms with Crippen molar-refractivity contribution in [1.82, 2.24) is 4.98 Å². The van der Waals surface area contributed by atoms with Crippen molar-refractivity contribution >= 4 is 10.8 Å². The van der Waals surface area contributed by atoms with Gasteiger partial charge in [0.2, 0.25) is 0 Å². The van der Waals surface area contributed by atoms with Gasteiger partial charge in [-0.15, -0.1) is 4.91 Å². The highest BCUT2D eigenvalue weighted by molar-refractivity contribution is 5.82. The van der Waals surface area contributed by atoms with Crippen LogP contribution in [-0.2, 0) is 0 Å². The molecule has 0 aliphatic rings. The van der Waals surface area contributed by atoms with Gasteiger partial charge >= 0.3 is 0 Å². The summed E-state index contributed by atoms with van der Waals surface area (Å²) in [4.78, 5) is 18.1. The van der Waals surface area contributed by atoms with Crippen molar-refractivity contribution in [2.45, 2.75) is 0 Å². The van der Waals surface area contributed by atoms with Crippen LogP contribution in [0, 0.1) is 4.91 Å². The summed E-state index contributed by atoms with van der Waals surface area (Å²) in [5, 5.41) is 4.27. The molecule has 0 saturated carbocycles. The van der Waals surface area contributed by atoms with Crippen LogP contribution in [-0.4, -0.2) is 4.98 Å². The van der Waals surface area contributed by atoms with E-state index in [2.05, 4.69) is 15.2 Å². The van der Waals surface area contributed by atoms with Crippen LogP contribution in [0.15, 0.2) is 41.9 Å². The zero-order chi connectivity index (χ0) is 9.10. The lowest BCUT2D eigenvalue weighted by Gasteiger charge is -1.97. The molecule has 0 aliphatic heterocycles. The topological polar surface area (TPSA) is 51.5 Å². The zero-order valence-corrected chi connectivity index (χ0v) is 6.68. The molecule has 1 aromatic carbocycles. The van der Waals surface area contributed by atoms with Crippen molar-refractivity contribution in [3.05, 3.63) is 41.4 Å². The van der Waals surface area contributed by atoms with E-state index in [9.17, 15) is 4.91 Å². The lowest BCUT2D eigenvalue weighted by molar-refractivity contribution is 0.322. The number of nitrogens with zero attached hydrogens (tertiary/aromatic N) is 2. The first-order chi connectivity index (χ1) is 6.40. The highest BCUT2D eigenvalue weighted by Crippen LogP contribution is 2.17. The molecular weight excluding hydrogens is 168 g/mol. The molecule has 1 aromatic heterocycles. The molecule has 0 saturated heterocycles. The molecule has 0 aliphatic carbocycles. The van der Waals surface area contributed by atoms with E-state index in [1.807, 2.05) is 24.3 Å². The molecule has 0 bridgehead atoms. The first-order valence-electron chi connectivity index (χ1n) is 3.74. The standard InChI is InChI=1S/C9H6N2O2/c12-11-13-9-5-7-3-1-2-4-8(7)6-10-9/h1-6H. The molecule has 64 valence electrons. The Bertz CT molecular complexity index is 442. The molecule has 0 unspecified atom stereocenters. The molecule has 4 nitrogen and oxygen atoms in total. The number of fused-ring (bicyclic) bond motifs is 1. The lowest BCUT2D eigenvalue weighted by Crippen LogP contribution is -1.84. The molecular formula is C9H6N2O2. The van der Waals surface area contributed by atoms with Gasteiger partial charge in [-0.3, -0.25) is 0 Å². The average molecular weight is 174 g/mol. The highest BCUT2D eigenvalue weighted by atomic mass is 16.7. The van der Waals surface area contributed by atoms with Crippen LogP contribution in [0.2, 0.25) is 0 Å². The molecule has 0 radical (unpaired) electrons. The van der Waals surface area contributed by atoms with Crippen LogP contribution in [0.3, 0.4) is 0 Å². The predicted octanol–water partition coefficient (Wildman–Crippen LogP) is 2.29. The van der Waals surface area contributed by atoms with E-state index in [1.54, 1.807) is 12.3 Å². The molecule has 0 atom stereocenters. The van der Waals surface area contributed by atoms with E-state index in [1.165, 1.54) is 0 Å². The van der Waals surface area contributed by atoms with Crippen molar-refractivity contribution in [2.24, 2.45) is 5.34 Å². The minimum Gasteiger partial charge on any atom is -0.303 e. The fourth-order valence-corrected chi connectivity index (χ4v) is 1.15. The van der Waals surface area contributed by atoms with Crippen molar-refractivity contribution in [1.29, 1.82) is 0 Å². The predicted molar refractivity (Wildman–Crippen MR) is 48.2 cm³/mol. The zero-order valence-electron chi connectivity index (χ0n) is 6.68. The first-order valence-corrected chi connectivity index (χ1v) is 3.74. The molecule has 0 fully saturated rings. The van der Waals surface area contributed by atoms with Crippen LogP contribution in [0.1, 0.15) is 0 Å². The second-order valence-electron chi connectivity index (χ2n) is 2.54. The third-order valence-corrected chi connectivity index (χ3v) is 1.74. The Morgan fingerprint density at radius 1 is 1.23 bits per heavy atom. The molecule has 0 amide bonds. The summed E-state index contributed by atoms with van der Waals surface area (Å²) < 4.78 is 0. The molecule has 13 heavy (non-hydrogen) atoms. The fourth-order valence-electron chi connectivity index (χ4n) is 1.15. The van der Waals surface area contributed by atoms with Crippen molar-refractivity contribution in [3.63, 3.8) is 0 Å². The highest BCUT2D eigenvalue weighted by Gasteiger charge is 1.97. The second kappa shape index (κ2) is 3.18. The molecule has 2 rings (SSSR count). The third kappa shape index (κ3) is 1.46. The number of hydrogen-bond donors (Lipinski definition) is 0. The second-order valence-corrected chi connectivity index (χ2v) is 2.54. The molecule has 2 aromatic rings. The van der Waals surface area contributed by atoms with Gasteiger partial charge in [-0.25, -0.2) is 4.98 Å². The van der Waals surface area contributed by atoms with Gasteiger partial charge in [0.1, 0.15) is 0 Å². The van der Waals surface area contributed by atoms with Gasteiger partial charge in [0.05, 0.1) is 0 Å². The Labute approximate surface area is 74.1 Å². The summed E-state index contributed by atoms with van der Waals surface area (Å²) in [5.41, 5.74) is 0. The SMILES string of the molecule is O=NOc1cc2ccccc2cn1. The number of aromatic nitrogens is 1. The Morgan fingerprint density at radius 2 is 2.00 bits per heavy atom.